The van der Waals surface area contributed by atoms with Gasteiger partial charge in [0, 0.05) is 21.8 Å². The van der Waals surface area contributed by atoms with Crippen molar-refractivity contribution in [3.63, 3.8) is 0 Å². The van der Waals surface area contributed by atoms with E-state index in [-0.39, 0.29) is 24.7 Å². The Balaban J connectivity index is 1.63. The molecule has 0 heterocycles. The number of hydrogen-bond donors (Lipinski definition) is 2. The summed E-state index contributed by atoms with van der Waals surface area (Å²) in [6, 6.07) is 15.1. The highest BCUT2D eigenvalue weighted by atomic mass is 79.9. The van der Waals surface area contributed by atoms with Gasteiger partial charge in [-0.2, -0.15) is 10.2 Å². The minimum Gasteiger partial charge on any atom is -0.273 e. The first-order valence-electron chi connectivity index (χ1n) is 8.18. The number of hydrogen-bond acceptors (Lipinski definition) is 4. The largest absolute Gasteiger partial charge is 0.273 e. The summed E-state index contributed by atoms with van der Waals surface area (Å²) >= 11 is 6.73. The zero-order valence-electron chi connectivity index (χ0n) is 14.4. The topological polar surface area (TPSA) is 82.9 Å². The summed E-state index contributed by atoms with van der Waals surface area (Å²) in [5.41, 5.74) is 6.62. The highest BCUT2D eigenvalue weighted by Gasteiger charge is 2.04. The molecule has 2 amide bonds. The van der Waals surface area contributed by atoms with Crippen LogP contribution in [0.2, 0.25) is 0 Å². The van der Waals surface area contributed by atoms with Crippen molar-refractivity contribution in [3.8, 4) is 0 Å². The van der Waals surface area contributed by atoms with Crippen LogP contribution in [0.4, 0.5) is 0 Å². The third kappa shape index (κ3) is 8.74. The van der Waals surface area contributed by atoms with E-state index in [1.807, 2.05) is 48.5 Å². The first-order valence-corrected chi connectivity index (χ1v) is 9.76. The minimum absolute atomic E-state index is 0.207. The van der Waals surface area contributed by atoms with Crippen LogP contribution in [0.3, 0.4) is 0 Å². The number of amides is 2. The Morgan fingerprint density at radius 1 is 0.815 bits per heavy atom. The number of hydrazone groups is 2. The smallest absolute Gasteiger partial charge is 0.240 e. The molecule has 0 unspecified atom stereocenters. The van der Waals surface area contributed by atoms with Crippen LogP contribution < -0.4 is 10.9 Å². The molecule has 6 nitrogen and oxygen atoms in total. The van der Waals surface area contributed by atoms with Gasteiger partial charge >= 0.3 is 0 Å². The molecule has 0 bridgehead atoms. The van der Waals surface area contributed by atoms with Crippen LogP contribution in [0.1, 0.15) is 30.4 Å². The van der Waals surface area contributed by atoms with Crippen molar-refractivity contribution in [1.29, 1.82) is 0 Å². The van der Waals surface area contributed by atoms with Crippen LogP contribution in [0.5, 0.6) is 0 Å². The third-order valence-electron chi connectivity index (χ3n) is 3.31. The van der Waals surface area contributed by atoms with Gasteiger partial charge < -0.3 is 0 Å². The molecule has 0 saturated heterocycles. The lowest BCUT2D eigenvalue weighted by molar-refractivity contribution is -0.122. The molecule has 27 heavy (non-hydrogen) atoms. The normalized spacial score (nSPS) is 11.0. The van der Waals surface area contributed by atoms with Crippen molar-refractivity contribution in [2.24, 2.45) is 10.2 Å². The standard InChI is InChI=1S/C19H18Br2N4O2/c20-16-6-1-4-14(10-16)12-22-24-18(26)8-3-9-19(27)25-23-13-15-5-2-7-17(21)11-15/h1-2,4-7,10-13H,3,8-9H2,(H,24,26)(H,25,27)/b22-12+,23-13+. The van der Waals surface area contributed by atoms with E-state index < -0.39 is 0 Å². The molecule has 8 heteroatoms. The molecule has 0 aromatic heterocycles. The van der Waals surface area contributed by atoms with E-state index in [0.717, 1.165) is 20.1 Å². The summed E-state index contributed by atoms with van der Waals surface area (Å²) in [5, 5.41) is 7.79. The highest BCUT2D eigenvalue weighted by Crippen LogP contribution is 2.10. The van der Waals surface area contributed by atoms with Crippen LogP contribution in [-0.4, -0.2) is 24.2 Å². The quantitative estimate of drug-likeness (QED) is 0.430. The zero-order chi connectivity index (χ0) is 19.5. The average molecular weight is 494 g/mol. The van der Waals surface area contributed by atoms with Gasteiger partial charge in [0.1, 0.15) is 0 Å². The van der Waals surface area contributed by atoms with Gasteiger partial charge in [-0.05, 0) is 41.8 Å². The number of carbonyl (C=O) groups excluding carboxylic acids is 2. The second kappa shape index (κ2) is 11.4. The van der Waals surface area contributed by atoms with Crippen molar-refractivity contribution in [2.75, 3.05) is 0 Å². The Morgan fingerprint density at radius 2 is 1.26 bits per heavy atom. The highest BCUT2D eigenvalue weighted by molar-refractivity contribution is 9.10. The van der Waals surface area contributed by atoms with Crippen LogP contribution >= 0.6 is 31.9 Å². The number of nitrogens with one attached hydrogen (secondary N) is 2. The van der Waals surface area contributed by atoms with Crippen LogP contribution in [-0.2, 0) is 9.59 Å². The SMILES string of the molecule is O=C(CCCC(=O)N/N=C/c1cccc(Br)c1)N/N=C/c1cccc(Br)c1. The van der Waals surface area contributed by atoms with Crippen molar-refractivity contribution < 1.29 is 9.59 Å². The molecule has 0 atom stereocenters. The summed E-state index contributed by atoms with van der Waals surface area (Å²) in [5.74, 6) is -0.488. The Morgan fingerprint density at radius 3 is 1.67 bits per heavy atom. The van der Waals surface area contributed by atoms with Crippen molar-refractivity contribution in [3.05, 3.63) is 68.6 Å². The zero-order valence-corrected chi connectivity index (χ0v) is 17.5. The summed E-state index contributed by atoms with van der Waals surface area (Å²) in [6.07, 6.45) is 3.95. The number of carbonyl (C=O) groups is 2. The molecule has 140 valence electrons. The Hall–Kier alpha value is -2.32. The van der Waals surface area contributed by atoms with Gasteiger partial charge in [-0.3, -0.25) is 9.59 Å². The number of halogens is 2. The van der Waals surface area contributed by atoms with E-state index in [0.29, 0.717) is 6.42 Å². The maximum absolute atomic E-state index is 11.7. The van der Waals surface area contributed by atoms with E-state index in [4.69, 9.17) is 0 Å². The predicted molar refractivity (Wildman–Crippen MR) is 114 cm³/mol. The van der Waals surface area contributed by atoms with Crippen LogP contribution in [0.15, 0.2) is 67.7 Å². The summed E-state index contributed by atoms with van der Waals surface area (Å²) in [7, 11) is 0. The fraction of sp³-hybridized carbons (Fsp3) is 0.158. The maximum atomic E-state index is 11.7. The van der Waals surface area contributed by atoms with Gasteiger partial charge in [-0.1, -0.05) is 56.1 Å². The van der Waals surface area contributed by atoms with E-state index in [1.165, 1.54) is 0 Å². The molecule has 0 saturated carbocycles. The van der Waals surface area contributed by atoms with Crippen LogP contribution in [0.25, 0.3) is 0 Å². The van der Waals surface area contributed by atoms with Gasteiger partial charge in [0.15, 0.2) is 0 Å². The molecule has 0 radical (unpaired) electrons. The molecule has 2 N–H and O–H groups in total. The second-order valence-electron chi connectivity index (χ2n) is 5.55. The lowest BCUT2D eigenvalue weighted by atomic mass is 10.2. The Bertz CT molecular complexity index is 784. The molecule has 0 aliphatic heterocycles. The lowest BCUT2D eigenvalue weighted by Crippen LogP contribution is -2.20. The van der Waals surface area contributed by atoms with E-state index >= 15 is 0 Å². The first-order chi connectivity index (χ1) is 13.0. The van der Waals surface area contributed by atoms with Gasteiger partial charge in [0.2, 0.25) is 11.8 Å². The molecular weight excluding hydrogens is 476 g/mol. The number of rotatable bonds is 8. The van der Waals surface area contributed by atoms with E-state index in [2.05, 4.69) is 52.9 Å². The maximum Gasteiger partial charge on any atom is 0.240 e. The summed E-state index contributed by atoms with van der Waals surface area (Å²) in [4.78, 5) is 23.4. The van der Waals surface area contributed by atoms with Gasteiger partial charge in [-0.25, -0.2) is 10.9 Å². The minimum atomic E-state index is -0.244. The molecule has 0 aliphatic carbocycles. The van der Waals surface area contributed by atoms with E-state index in [1.54, 1.807) is 12.4 Å². The first kappa shape index (κ1) is 21.0. The molecule has 2 aromatic carbocycles. The van der Waals surface area contributed by atoms with E-state index in [9.17, 15) is 9.59 Å². The Kier molecular flexibility index (Phi) is 8.86. The third-order valence-corrected chi connectivity index (χ3v) is 4.30. The number of nitrogens with zero attached hydrogens (tertiary/aromatic N) is 2. The van der Waals surface area contributed by atoms with Crippen molar-refractivity contribution in [2.45, 2.75) is 19.3 Å². The van der Waals surface area contributed by atoms with Crippen molar-refractivity contribution in [1.82, 2.24) is 10.9 Å². The van der Waals surface area contributed by atoms with Crippen LogP contribution in [0, 0.1) is 0 Å². The molecule has 0 spiro atoms. The molecule has 2 aromatic rings. The summed E-state index contributed by atoms with van der Waals surface area (Å²) < 4.78 is 1.87. The Labute approximate surface area is 174 Å². The predicted octanol–water partition coefficient (Wildman–Crippen LogP) is 3.98. The lowest BCUT2D eigenvalue weighted by Gasteiger charge is -2.01. The average Bonchev–Trinajstić information content (AvgIpc) is 2.62. The fourth-order valence-electron chi connectivity index (χ4n) is 2.05. The molecular formula is C19H18Br2N4O2. The monoisotopic (exact) mass is 492 g/mol. The van der Waals surface area contributed by atoms with Gasteiger partial charge in [0.05, 0.1) is 12.4 Å². The second-order valence-corrected chi connectivity index (χ2v) is 7.38. The fourth-order valence-corrected chi connectivity index (χ4v) is 2.89. The van der Waals surface area contributed by atoms with Gasteiger partial charge in [-0.15, -0.1) is 0 Å². The molecule has 0 fully saturated rings. The number of benzene rings is 2. The molecule has 0 aliphatic rings. The van der Waals surface area contributed by atoms with Gasteiger partial charge in [0.25, 0.3) is 0 Å². The molecule has 2 rings (SSSR count). The summed E-state index contributed by atoms with van der Waals surface area (Å²) in [6.45, 7) is 0. The van der Waals surface area contributed by atoms with Crippen molar-refractivity contribution >= 4 is 56.1 Å².